The standard InChI is InChI=1S/C29H19N2O.C18H15N2.Ir/c1-16-28(31-17(2)30-16)20-11-12-26-25(15-20)27-24-14-19-8-4-3-7-18(19)13-23(24)21-9-5-6-10-22(21)29(27)32-26;1-13-3-6-15(7-4-13)18-11-16(9-10-19-18)17-8-5-14(2)20-12-17;/h3-10,12-16H,1-2H3;3-6,8-12H,1-2H3;/q2*-1;. The molecule has 0 bridgehead atoms. The van der Waals surface area contributed by atoms with E-state index < -0.39 is 0 Å². The van der Waals surface area contributed by atoms with Gasteiger partial charge in [-0.1, -0.05) is 73.0 Å². The summed E-state index contributed by atoms with van der Waals surface area (Å²) < 4.78 is 6.45. The van der Waals surface area contributed by atoms with Crippen LogP contribution in [0.3, 0.4) is 0 Å². The number of amidine groups is 1. The number of rotatable bonds is 3. The van der Waals surface area contributed by atoms with Crippen molar-refractivity contribution in [2.75, 3.05) is 0 Å². The van der Waals surface area contributed by atoms with Crippen molar-refractivity contribution in [3.8, 4) is 22.4 Å². The van der Waals surface area contributed by atoms with Crippen molar-refractivity contribution in [1.82, 2.24) is 9.97 Å². The minimum atomic E-state index is 0. The molecule has 6 heteroatoms. The third kappa shape index (κ3) is 6.35. The molecule has 1 aliphatic rings. The van der Waals surface area contributed by atoms with Gasteiger partial charge in [-0.3, -0.25) is 15.0 Å². The Morgan fingerprint density at radius 1 is 0.642 bits per heavy atom. The van der Waals surface area contributed by atoms with Crippen molar-refractivity contribution in [2.45, 2.75) is 33.7 Å². The summed E-state index contributed by atoms with van der Waals surface area (Å²) in [5.41, 5.74) is 10.1. The molecule has 1 unspecified atom stereocenters. The van der Waals surface area contributed by atoms with E-state index >= 15 is 0 Å². The predicted molar refractivity (Wildman–Crippen MR) is 215 cm³/mol. The third-order valence-electron chi connectivity index (χ3n) is 9.82. The van der Waals surface area contributed by atoms with Gasteiger partial charge in [0.15, 0.2) is 0 Å². The van der Waals surface area contributed by atoms with E-state index in [1.165, 1.54) is 32.5 Å². The summed E-state index contributed by atoms with van der Waals surface area (Å²) in [6.45, 7) is 8.07. The Morgan fingerprint density at radius 3 is 2.11 bits per heavy atom. The molecule has 9 aromatic rings. The van der Waals surface area contributed by atoms with Crippen molar-refractivity contribution < 1.29 is 24.5 Å². The van der Waals surface area contributed by atoms with Gasteiger partial charge in [0, 0.05) is 49.0 Å². The minimum absolute atomic E-state index is 0. The van der Waals surface area contributed by atoms with E-state index in [-0.39, 0.29) is 26.1 Å². The molecule has 0 spiro atoms. The largest absolute Gasteiger partial charge is 0.500 e. The van der Waals surface area contributed by atoms with Crippen LogP contribution in [0, 0.1) is 26.0 Å². The van der Waals surface area contributed by atoms with Crippen LogP contribution < -0.4 is 0 Å². The quantitative estimate of drug-likeness (QED) is 0.101. The van der Waals surface area contributed by atoms with E-state index in [4.69, 9.17) is 4.42 Å². The van der Waals surface area contributed by atoms with Gasteiger partial charge >= 0.3 is 0 Å². The maximum Gasteiger partial charge on any atom is 0.129 e. The van der Waals surface area contributed by atoms with Crippen LogP contribution in [0.5, 0.6) is 0 Å². The van der Waals surface area contributed by atoms with Gasteiger partial charge in [-0.15, -0.1) is 59.2 Å². The number of hydrogen-bond acceptors (Lipinski definition) is 5. The number of aromatic nitrogens is 2. The third-order valence-corrected chi connectivity index (χ3v) is 9.82. The van der Waals surface area contributed by atoms with Gasteiger partial charge in [-0.2, -0.15) is 0 Å². The number of pyridine rings is 2. The molecule has 3 aromatic heterocycles. The van der Waals surface area contributed by atoms with Gasteiger partial charge in [0.2, 0.25) is 0 Å². The fraction of sp³-hybridized carbons (Fsp3) is 0.106. The molecule has 10 rings (SSSR count). The summed E-state index contributed by atoms with van der Waals surface area (Å²) >= 11 is 0. The fourth-order valence-corrected chi connectivity index (χ4v) is 7.21. The second-order valence-electron chi connectivity index (χ2n) is 13.5. The van der Waals surface area contributed by atoms with Gasteiger partial charge in [-0.25, -0.2) is 0 Å². The molecule has 0 aliphatic carbocycles. The molecule has 1 radical (unpaired) electrons. The molecule has 6 aromatic carbocycles. The van der Waals surface area contributed by atoms with Crippen LogP contribution in [0.2, 0.25) is 0 Å². The molecule has 0 N–H and O–H groups in total. The first-order valence-corrected chi connectivity index (χ1v) is 17.5. The number of nitrogens with zero attached hydrogens (tertiary/aromatic N) is 4. The van der Waals surface area contributed by atoms with E-state index in [1.807, 2.05) is 50.5 Å². The van der Waals surface area contributed by atoms with Gasteiger partial charge in [-0.05, 0) is 94.5 Å². The maximum atomic E-state index is 6.45. The molecule has 0 saturated carbocycles. The van der Waals surface area contributed by atoms with E-state index in [1.54, 1.807) is 0 Å². The summed E-state index contributed by atoms with van der Waals surface area (Å²) in [5, 5.41) is 9.52. The predicted octanol–water partition coefficient (Wildman–Crippen LogP) is 11.7. The first-order chi connectivity index (χ1) is 25.4. The molecule has 0 saturated heterocycles. The maximum absolute atomic E-state index is 6.45. The second kappa shape index (κ2) is 14.0. The van der Waals surface area contributed by atoms with Crippen molar-refractivity contribution >= 4 is 65.8 Å². The number of benzene rings is 6. The normalized spacial score (nSPS) is 13.9. The van der Waals surface area contributed by atoms with Crippen LogP contribution >= 0.6 is 0 Å². The van der Waals surface area contributed by atoms with Crippen molar-refractivity contribution in [1.29, 1.82) is 0 Å². The Kier molecular flexibility index (Phi) is 9.03. The van der Waals surface area contributed by atoms with Gasteiger partial charge < -0.3 is 9.40 Å². The topological polar surface area (TPSA) is 63.6 Å². The first kappa shape index (κ1) is 34.3. The van der Waals surface area contributed by atoms with Gasteiger partial charge in [0.05, 0.1) is 11.6 Å². The fourth-order valence-electron chi connectivity index (χ4n) is 7.21. The summed E-state index contributed by atoms with van der Waals surface area (Å²) in [5.74, 6) is 0.820. The Morgan fingerprint density at radius 2 is 1.40 bits per heavy atom. The minimum Gasteiger partial charge on any atom is -0.500 e. The molecule has 5 nitrogen and oxygen atoms in total. The summed E-state index contributed by atoms with van der Waals surface area (Å²) in [7, 11) is 0. The molecular weight excluding hydrogens is 829 g/mol. The van der Waals surface area contributed by atoms with E-state index in [0.29, 0.717) is 0 Å². The Labute approximate surface area is 321 Å². The molecule has 0 amide bonds. The van der Waals surface area contributed by atoms with Crippen LogP contribution in [0.15, 0.2) is 142 Å². The van der Waals surface area contributed by atoms with Gasteiger partial charge in [0.25, 0.3) is 0 Å². The zero-order valence-corrected chi connectivity index (χ0v) is 32.1. The summed E-state index contributed by atoms with van der Waals surface area (Å²) in [4.78, 5) is 18.0. The monoisotopic (exact) mass is 863 g/mol. The molecule has 0 fully saturated rings. The van der Waals surface area contributed by atoms with E-state index in [2.05, 4.69) is 137 Å². The molecule has 1 aliphatic heterocycles. The van der Waals surface area contributed by atoms with Crippen LogP contribution in [0.1, 0.15) is 30.7 Å². The summed E-state index contributed by atoms with van der Waals surface area (Å²) in [6.07, 6.45) is 3.73. The van der Waals surface area contributed by atoms with E-state index in [0.717, 1.165) is 72.5 Å². The number of aliphatic imine (C=N–C) groups is 2. The van der Waals surface area contributed by atoms with Gasteiger partial charge in [0.1, 0.15) is 11.4 Å². The van der Waals surface area contributed by atoms with Crippen LogP contribution in [0.4, 0.5) is 0 Å². The number of aryl methyl sites for hydroxylation is 2. The number of fused-ring (bicyclic) bond motifs is 9. The Hall–Kier alpha value is -5.81. The van der Waals surface area contributed by atoms with Crippen LogP contribution in [-0.4, -0.2) is 27.6 Å². The van der Waals surface area contributed by atoms with E-state index in [9.17, 15) is 0 Å². The SMILES string of the molecule is CC1=NC(C)C(c2[c-]cc3oc4c5ccccc5c5cc6ccccc6cc5c4c3c2)=N1.Cc1c[c-]c(-c2cc(-c3ccc(C)nc3)ccn2)cc1.[Ir]. The number of furan rings is 1. The smallest absolute Gasteiger partial charge is 0.129 e. The average molecular weight is 863 g/mol. The van der Waals surface area contributed by atoms with Crippen LogP contribution in [-0.2, 0) is 20.1 Å². The zero-order chi connectivity index (χ0) is 35.3. The molecule has 1 atom stereocenters. The Balaban J connectivity index is 0.000000165. The summed E-state index contributed by atoms with van der Waals surface area (Å²) in [6, 6.07) is 46.8. The molecule has 259 valence electrons. The molecule has 4 heterocycles. The second-order valence-corrected chi connectivity index (χ2v) is 13.5. The van der Waals surface area contributed by atoms with Crippen LogP contribution in [0.25, 0.3) is 76.6 Å². The Bertz CT molecular complexity index is 2830. The average Bonchev–Trinajstić information content (AvgIpc) is 3.73. The van der Waals surface area contributed by atoms with Crippen molar-refractivity contribution in [2.24, 2.45) is 9.98 Å². The molecule has 53 heavy (non-hydrogen) atoms. The number of hydrogen-bond donors (Lipinski definition) is 0. The first-order valence-electron chi connectivity index (χ1n) is 17.5. The van der Waals surface area contributed by atoms with Crippen molar-refractivity contribution in [3.05, 3.63) is 157 Å². The molecular formula is C47H34IrN4O-2. The zero-order valence-electron chi connectivity index (χ0n) is 29.7. The van der Waals surface area contributed by atoms with Crippen molar-refractivity contribution in [3.63, 3.8) is 0 Å².